The second kappa shape index (κ2) is 6.94. The number of nitrogens with zero attached hydrogens (tertiary/aromatic N) is 1. The molecule has 0 radical (unpaired) electrons. The maximum absolute atomic E-state index is 13.4. The lowest BCUT2D eigenvalue weighted by Gasteiger charge is -2.29. The number of likely N-dealkylation sites (N-methyl/N-ethyl adjacent to an activating group) is 1. The van der Waals surface area contributed by atoms with Crippen molar-refractivity contribution in [3.63, 3.8) is 0 Å². The summed E-state index contributed by atoms with van der Waals surface area (Å²) < 4.78 is 13.4. The van der Waals surface area contributed by atoms with Gasteiger partial charge in [0.25, 0.3) is 0 Å². The molecule has 0 saturated carbocycles. The fourth-order valence-electron chi connectivity index (χ4n) is 2.04. The van der Waals surface area contributed by atoms with Crippen molar-refractivity contribution in [3.8, 4) is 0 Å². The lowest BCUT2D eigenvalue weighted by Crippen LogP contribution is -2.34. The molecular weight excluding hydrogens is 239 g/mol. The number of halogens is 2. The highest BCUT2D eigenvalue weighted by Crippen LogP contribution is 2.24. The molecule has 2 nitrogen and oxygen atoms in total. The van der Waals surface area contributed by atoms with Gasteiger partial charge in [-0.2, -0.15) is 0 Å². The average molecular weight is 259 g/mol. The largest absolute Gasteiger partial charge is 0.329 e. The molecule has 17 heavy (non-hydrogen) atoms. The first-order valence-electron chi connectivity index (χ1n) is 6.03. The minimum atomic E-state index is -0.379. The van der Waals surface area contributed by atoms with Gasteiger partial charge in [-0.1, -0.05) is 31.5 Å². The lowest BCUT2D eigenvalue weighted by atomic mass is 10.0. The first-order valence-corrected chi connectivity index (χ1v) is 6.40. The van der Waals surface area contributed by atoms with E-state index >= 15 is 0 Å². The Kier molecular flexibility index (Phi) is 5.89. The van der Waals surface area contributed by atoms with E-state index in [9.17, 15) is 4.39 Å². The van der Waals surface area contributed by atoms with Crippen molar-refractivity contribution in [2.75, 3.05) is 19.6 Å². The summed E-state index contributed by atoms with van der Waals surface area (Å²) in [6.07, 6.45) is 1.06. The van der Waals surface area contributed by atoms with E-state index in [0.717, 1.165) is 25.1 Å². The van der Waals surface area contributed by atoms with E-state index in [1.54, 1.807) is 6.07 Å². The van der Waals surface area contributed by atoms with Gasteiger partial charge in [-0.05, 0) is 37.2 Å². The van der Waals surface area contributed by atoms with Crippen molar-refractivity contribution in [2.45, 2.75) is 26.3 Å². The summed E-state index contributed by atoms with van der Waals surface area (Å²) in [4.78, 5) is 2.25. The van der Waals surface area contributed by atoms with E-state index in [1.165, 1.54) is 6.07 Å². The Hall–Kier alpha value is -0.640. The molecule has 0 aliphatic carbocycles. The summed E-state index contributed by atoms with van der Waals surface area (Å²) in [5, 5.41) is 0.156. The minimum absolute atomic E-state index is 0.0618. The highest BCUT2D eigenvalue weighted by Gasteiger charge is 2.17. The van der Waals surface area contributed by atoms with Crippen molar-refractivity contribution in [3.05, 3.63) is 34.6 Å². The van der Waals surface area contributed by atoms with Crippen LogP contribution in [0.15, 0.2) is 18.2 Å². The normalized spacial score (nSPS) is 13.1. The molecule has 0 aliphatic heterocycles. The van der Waals surface area contributed by atoms with Crippen LogP contribution in [0.25, 0.3) is 0 Å². The van der Waals surface area contributed by atoms with Gasteiger partial charge >= 0.3 is 0 Å². The third-order valence-corrected chi connectivity index (χ3v) is 3.22. The molecule has 0 spiro atoms. The fraction of sp³-hybridized carbons (Fsp3) is 0.538. The molecule has 1 atom stereocenters. The highest BCUT2D eigenvalue weighted by atomic mass is 35.5. The molecule has 1 rings (SSSR count). The van der Waals surface area contributed by atoms with Crippen molar-refractivity contribution >= 4 is 11.6 Å². The molecule has 1 aromatic carbocycles. The van der Waals surface area contributed by atoms with E-state index in [1.807, 2.05) is 6.07 Å². The Labute approximate surface area is 108 Å². The van der Waals surface area contributed by atoms with Crippen LogP contribution in [0.5, 0.6) is 0 Å². The zero-order valence-electron chi connectivity index (χ0n) is 10.4. The van der Waals surface area contributed by atoms with Crippen molar-refractivity contribution in [2.24, 2.45) is 5.73 Å². The molecule has 0 saturated heterocycles. The summed E-state index contributed by atoms with van der Waals surface area (Å²) in [6, 6.07) is 4.99. The van der Waals surface area contributed by atoms with Gasteiger partial charge in [0, 0.05) is 12.6 Å². The number of nitrogens with two attached hydrogens (primary N) is 1. The number of hydrogen-bond acceptors (Lipinski definition) is 2. The van der Waals surface area contributed by atoms with Gasteiger partial charge in [-0.3, -0.25) is 4.90 Å². The number of rotatable bonds is 6. The maximum Gasteiger partial charge on any atom is 0.142 e. The molecule has 4 heteroatoms. The molecule has 96 valence electrons. The topological polar surface area (TPSA) is 29.3 Å². The molecule has 2 N–H and O–H groups in total. The van der Waals surface area contributed by atoms with Gasteiger partial charge in [-0.25, -0.2) is 4.39 Å². The van der Waals surface area contributed by atoms with E-state index in [2.05, 4.69) is 18.7 Å². The molecule has 0 aliphatic rings. The maximum atomic E-state index is 13.4. The Morgan fingerprint density at radius 3 is 2.59 bits per heavy atom. The van der Waals surface area contributed by atoms with Crippen LogP contribution in [0.4, 0.5) is 4.39 Å². The van der Waals surface area contributed by atoms with Crippen molar-refractivity contribution in [1.29, 1.82) is 0 Å². The zero-order valence-corrected chi connectivity index (χ0v) is 11.2. The molecule has 0 bridgehead atoms. The van der Waals surface area contributed by atoms with Gasteiger partial charge in [0.15, 0.2) is 0 Å². The van der Waals surface area contributed by atoms with Crippen molar-refractivity contribution < 1.29 is 4.39 Å². The van der Waals surface area contributed by atoms with Crippen LogP contribution in [0, 0.1) is 5.82 Å². The second-order valence-electron chi connectivity index (χ2n) is 4.05. The molecule has 1 aromatic rings. The standard InChI is InChI=1S/C13H20ClFN2/c1-3-7-17(4-2)13(9-16)10-5-6-11(14)12(15)8-10/h5-6,8,13H,3-4,7,9,16H2,1-2H3. The SMILES string of the molecule is CCCN(CC)C(CN)c1ccc(Cl)c(F)c1. The predicted molar refractivity (Wildman–Crippen MR) is 70.7 cm³/mol. The smallest absolute Gasteiger partial charge is 0.142 e. The molecule has 1 unspecified atom stereocenters. The summed E-state index contributed by atoms with van der Waals surface area (Å²) in [6.45, 7) is 6.56. The first-order chi connectivity index (χ1) is 8.13. The van der Waals surface area contributed by atoms with Crippen LogP contribution in [0.3, 0.4) is 0 Å². The Bertz CT molecular complexity index is 357. The predicted octanol–water partition coefficient (Wildman–Crippen LogP) is 3.21. The zero-order chi connectivity index (χ0) is 12.8. The quantitative estimate of drug-likeness (QED) is 0.849. The van der Waals surface area contributed by atoms with Crippen LogP contribution >= 0.6 is 11.6 Å². The minimum Gasteiger partial charge on any atom is -0.329 e. The lowest BCUT2D eigenvalue weighted by molar-refractivity contribution is 0.212. The van der Waals surface area contributed by atoms with E-state index < -0.39 is 0 Å². The summed E-state index contributed by atoms with van der Waals surface area (Å²) in [7, 11) is 0. The average Bonchev–Trinajstić information content (AvgIpc) is 2.33. The Morgan fingerprint density at radius 2 is 2.12 bits per heavy atom. The highest BCUT2D eigenvalue weighted by molar-refractivity contribution is 6.30. The number of hydrogen-bond donors (Lipinski definition) is 1. The Morgan fingerprint density at radius 1 is 1.41 bits per heavy atom. The third-order valence-electron chi connectivity index (χ3n) is 2.91. The van der Waals surface area contributed by atoms with Crippen LogP contribution in [0.2, 0.25) is 5.02 Å². The summed E-state index contributed by atoms with van der Waals surface area (Å²) in [5.74, 6) is -0.379. The Balaban J connectivity index is 2.95. The van der Waals surface area contributed by atoms with Crippen LogP contribution in [0.1, 0.15) is 31.9 Å². The molecule has 0 fully saturated rings. The summed E-state index contributed by atoms with van der Waals surface area (Å²) >= 11 is 5.68. The van der Waals surface area contributed by atoms with Crippen LogP contribution in [-0.4, -0.2) is 24.5 Å². The van der Waals surface area contributed by atoms with Gasteiger partial charge < -0.3 is 5.73 Å². The van der Waals surface area contributed by atoms with E-state index in [-0.39, 0.29) is 16.9 Å². The molecular formula is C13H20ClFN2. The van der Waals surface area contributed by atoms with Crippen LogP contribution in [-0.2, 0) is 0 Å². The van der Waals surface area contributed by atoms with E-state index in [0.29, 0.717) is 6.54 Å². The summed E-state index contributed by atoms with van der Waals surface area (Å²) in [5.41, 5.74) is 6.70. The van der Waals surface area contributed by atoms with Crippen molar-refractivity contribution in [1.82, 2.24) is 4.90 Å². The third kappa shape index (κ3) is 3.66. The first kappa shape index (κ1) is 14.4. The van der Waals surface area contributed by atoms with Gasteiger partial charge in [0.2, 0.25) is 0 Å². The van der Waals surface area contributed by atoms with Gasteiger partial charge in [0.05, 0.1) is 5.02 Å². The second-order valence-corrected chi connectivity index (χ2v) is 4.46. The van der Waals surface area contributed by atoms with Gasteiger partial charge in [-0.15, -0.1) is 0 Å². The fourth-order valence-corrected chi connectivity index (χ4v) is 2.15. The molecule has 0 heterocycles. The molecule has 0 aromatic heterocycles. The monoisotopic (exact) mass is 258 g/mol. The number of benzene rings is 1. The van der Waals surface area contributed by atoms with E-state index in [4.69, 9.17) is 17.3 Å². The van der Waals surface area contributed by atoms with Gasteiger partial charge in [0.1, 0.15) is 5.82 Å². The molecule has 0 amide bonds. The van der Waals surface area contributed by atoms with Crippen LogP contribution < -0.4 is 5.73 Å².